The first-order valence-corrected chi connectivity index (χ1v) is 10.4. The smallest absolute Gasteiger partial charge is 0.191 e. The van der Waals surface area contributed by atoms with Crippen LogP contribution in [0.3, 0.4) is 0 Å². The maximum atomic E-state index is 5.82. The molecule has 1 fully saturated rings. The Balaban J connectivity index is 0.00000300. The molecule has 0 radical (unpaired) electrons. The fraction of sp³-hybridized carbons (Fsp3) is 0.455. The van der Waals surface area contributed by atoms with E-state index in [1.165, 1.54) is 37.2 Å². The number of pyridine rings is 1. The van der Waals surface area contributed by atoms with Crippen LogP contribution in [-0.4, -0.2) is 37.6 Å². The Hall–Kier alpha value is -1.54. The Labute approximate surface area is 196 Å². The van der Waals surface area contributed by atoms with Crippen molar-refractivity contribution in [1.29, 1.82) is 0 Å². The van der Waals surface area contributed by atoms with E-state index in [1.54, 1.807) is 7.05 Å². The Morgan fingerprint density at radius 2 is 1.79 bits per heavy atom. The average molecular weight is 528 g/mol. The summed E-state index contributed by atoms with van der Waals surface area (Å²) >= 11 is 5.82. The van der Waals surface area contributed by atoms with E-state index in [0.717, 1.165) is 37.0 Å². The number of hydrogen-bond donors (Lipinski definition) is 2. The highest BCUT2D eigenvalue weighted by atomic mass is 127. The van der Waals surface area contributed by atoms with Crippen LogP contribution >= 0.6 is 35.6 Å². The van der Waals surface area contributed by atoms with Crippen molar-refractivity contribution in [2.24, 2.45) is 10.9 Å². The summed E-state index contributed by atoms with van der Waals surface area (Å²) in [6, 6.07) is 12.7. The lowest BCUT2D eigenvalue weighted by molar-refractivity contribution is 0.438. The van der Waals surface area contributed by atoms with E-state index in [-0.39, 0.29) is 24.0 Å². The molecule has 2 aromatic rings. The maximum Gasteiger partial charge on any atom is 0.191 e. The molecule has 158 valence electrons. The first-order valence-electron chi connectivity index (χ1n) is 10.0. The van der Waals surface area contributed by atoms with Crippen molar-refractivity contribution in [3.8, 4) is 0 Å². The van der Waals surface area contributed by atoms with Crippen molar-refractivity contribution in [2.75, 3.05) is 31.6 Å². The number of rotatable bonds is 6. The van der Waals surface area contributed by atoms with Gasteiger partial charge < -0.3 is 15.5 Å². The Kier molecular flexibility index (Phi) is 10.0. The van der Waals surface area contributed by atoms with Gasteiger partial charge in [0.1, 0.15) is 5.15 Å². The predicted octanol–water partition coefficient (Wildman–Crippen LogP) is 4.50. The SMILES string of the molecule is CN=C(NCCc1ccc(Cl)nc1)NCc1ccc(N2CCC(C)CC2)cc1.I. The van der Waals surface area contributed by atoms with Gasteiger partial charge in [0.25, 0.3) is 0 Å². The second-order valence-corrected chi connectivity index (χ2v) is 7.81. The number of nitrogens with one attached hydrogen (secondary N) is 2. The molecule has 1 aliphatic rings. The normalized spacial score (nSPS) is 15.0. The van der Waals surface area contributed by atoms with Crippen molar-refractivity contribution in [2.45, 2.75) is 32.7 Å². The molecular weight excluding hydrogens is 497 g/mol. The summed E-state index contributed by atoms with van der Waals surface area (Å²) < 4.78 is 0. The summed E-state index contributed by atoms with van der Waals surface area (Å²) in [5.41, 5.74) is 3.73. The van der Waals surface area contributed by atoms with E-state index in [0.29, 0.717) is 5.15 Å². The van der Waals surface area contributed by atoms with E-state index in [4.69, 9.17) is 11.6 Å². The molecule has 1 saturated heterocycles. The summed E-state index contributed by atoms with van der Waals surface area (Å²) in [6.45, 7) is 6.21. The van der Waals surface area contributed by atoms with E-state index in [9.17, 15) is 0 Å². The summed E-state index contributed by atoms with van der Waals surface area (Å²) in [5, 5.41) is 7.24. The van der Waals surface area contributed by atoms with Crippen LogP contribution in [-0.2, 0) is 13.0 Å². The number of benzene rings is 1. The maximum absolute atomic E-state index is 5.82. The minimum absolute atomic E-state index is 0. The fourth-order valence-electron chi connectivity index (χ4n) is 3.38. The van der Waals surface area contributed by atoms with Crippen molar-refractivity contribution in [3.05, 3.63) is 58.9 Å². The molecule has 0 aliphatic carbocycles. The van der Waals surface area contributed by atoms with Crippen LogP contribution in [0.25, 0.3) is 0 Å². The molecule has 3 rings (SSSR count). The lowest BCUT2D eigenvalue weighted by Gasteiger charge is -2.32. The van der Waals surface area contributed by atoms with Crippen LogP contribution in [0.5, 0.6) is 0 Å². The molecule has 0 bridgehead atoms. The molecule has 0 atom stereocenters. The van der Waals surface area contributed by atoms with Gasteiger partial charge in [0.05, 0.1) is 0 Å². The van der Waals surface area contributed by atoms with Gasteiger partial charge in [-0.05, 0) is 54.5 Å². The highest BCUT2D eigenvalue weighted by molar-refractivity contribution is 14.0. The Morgan fingerprint density at radius 3 is 2.41 bits per heavy atom. The number of piperidine rings is 1. The largest absolute Gasteiger partial charge is 0.372 e. The van der Waals surface area contributed by atoms with Gasteiger partial charge in [0.2, 0.25) is 0 Å². The molecule has 0 spiro atoms. The molecular formula is C22H31ClIN5. The molecule has 1 aromatic heterocycles. The van der Waals surface area contributed by atoms with Crippen LogP contribution < -0.4 is 15.5 Å². The third-order valence-corrected chi connectivity index (χ3v) is 5.49. The van der Waals surface area contributed by atoms with Crippen molar-refractivity contribution < 1.29 is 0 Å². The van der Waals surface area contributed by atoms with Gasteiger partial charge in [-0.1, -0.05) is 36.7 Å². The zero-order valence-electron chi connectivity index (χ0n) is 17.2. The number of aromatic nitrogens is 1. The van der Waals surface area contributed by atoms with E-state index < -0.39 is 0 Å². The first-order chi connectivity index (χ1) is 13.6. The van der Waals surface area contributed by atoms with Gasteiger partial charge in [0.15, 0.2) is 5.96 Å². The Morgan fingerprint density at radius 1 is 1.10 bits per heavy atom. The van der Waals surface area contributed by atoms with Gasteiger partial charge in [-0.3, -0.25) is 4.99 Å². The van der Waals surface area contributed by atoms with Gasteiger partial charge in [-0.2, -0.15) is 0 Å². The minimum atomic E-state index is 0. The molecule has 1 aliphatic heterocycles. The van der Waals surface area contributed by atoms with Crippen molar-refractivity contribution in [3.63, 3.8) is 0 Å². The number of nitrogens with zero attached hydrogens (tertiary/aromatic N) is 3. The van der Waals surface area contributed by atoms with E-state index >= 15 is 0 Å². The second-order valence-electron chi connectivity index (χ2n) is 7.43. The number of halogens is 2. The molecule has 2 heterocycles. The van der Waals surface area contributed by atoms with Crippen molar-refractivity contribution in [1.82, 2.24) is 15.6 Å². The number of aliphatic imine (C=N–C) groups is 1. The molecule has 0 unspecified atom stereocenters. The van der Waals surface area contributed by atoms with Crippen LogP contribution in [0.1, 0.15) is 30.9 Å². The van der Waals surface area contributed by atoms with E-state index in [2.05, 4.69) is 56.7 Å². The standard InChI is InChI=1S/C22H30ClN5.HI/c1-17-10-13-28(14-11-17)20-6-3-18(4-7-20)16-27-22(24-2)25-12-9-19-5-8-21(23)26-15-19;/h3-8,15,17H,9-14,16H2,1-2H3,(H2,24,25,27);1H. The summed E-state index contributed by atoms with van der Waals surface area (Å²) in [5.74, 6) is 1.66. The lowest BCUT2D eigenvalue weighted by Crippen LogP contribution is -2.37. The number of guanidine groups is 1. The quantitative estimate of drug-likeness (QED) is 0.251. The molecule has 7 heteroatoms. The van der Waals surface area contributed by atoms with E-state index in [1.807, 2.05) is 18.3 Å². The van der Waals surface area contributed by atoms with Crippen LogP contribution in [0.2, 0.25) is 5.15 Å². The highest BCUT2D eigenvalue weighted by Crippen LogP contribution is 2.23. The monoisotopic (exact) mass is 527 g/mol. The van der Waals surface area contributed by atoms with Crippen LogP contribution in [0, 0.1) is 5.92 Å². The van der Waals surface area contributed by atoms with Crippen molar-refractivity contribution >= 4 is 47.2 Å². The minimum Gasteiger partial charge on any atom is -0.372 e. The molecule has 29 heavy (non-hydrogen) atoms. The topological polar surface area (TPSA) is 52.6 Å². The van der Waals surface area contributed by atoms with Crippen LogP contribution in [0.4, 0.5) is 5.69 Å². The molecule has 5 nitrogen and oxygen atoms in total. The molecule has 0 saturated carbocycles. The second kappa shape index (κ2) is 12.2. The molecule has 1 aromatic carbocycles. The third-order valence-electron chi connectivity index (χ3n) is 5.26. The molecule has 2 N–H and O–H groups in total. The zero-order chi connectivity index (χ0) is 19.8. The third kappa shape index (κ3) is 7.66. The number of anilines is 1. The van der Waals surface area contributed by atoms with Gasteiger partial charge in [-0.15, -0.1) is 24.0 Å². The van der Waals surface area contributed by atoms with Gasteiger partial charge in [0, 0.05) is 45.1 Å². The summed E-state index contributed by atoms with van der Waals surface area (Å²) in [4.78, 5) is 10.9. The van der Waals surface area contributed by atoms with Crippen LogP contribution in [0.15, 0.2) is 47.6 Å². The number of hydrogen-bond acceptors (Lipinski definition) is 3. The summed E-state index contributed by atoms with van der Waals surface area (Å²) in [7, 11) is 1.79. The zero-order valence-corrected chi connectivity index (χ0v) is 20.3. The predicted molar refractivity (Wildman–Crippen MR) is 134 cm³/mol. The van der Waals surface area contributed by atoms with Gasteiger partial charge >= 0.3 is 0 Å². The van der Waals surface area contributed by atoms with Gasteiger partial charge in [-0.25, -0.2) is 4.98 Å². The fourth-order valence-corrected chi connectivity index (χ4v) is 3.49. The first kappa shape index (κ1) is 23.7. The average Bonchev–Trinajstić information content (AvgIpc) is 2.73. The highest BCUT2D eigenvalue weighted by Gasteiger charge is 2.15. The summed E-state index contributed by atoms with van der Waals surface area (Å²) in [6.07, 6.45) is 5.26. The lowest BCUT2D eigenvalue weighted by atomic mass is 9.99. The molecule has 0 amide bonds. The Bertz CT molecular complexity index is 756.